The summed E-state index contributed by atoms with van der Waals surface area (Å²) in [7, 11) is -3.80. The van der Waals surface area contributed by atoms with Gasteiger partial charge in [0.25, 0.3) is 5.91 Å². The molecule has 1 aliphatic heterocycles. The maximum Gasteiger partial charge on any atom is 0.263 e. The molecule has 1 fully saturated rings. The average Bonchev–Trinajstić information content (AvgIpc) is 3.19. The molecule has 1 aliphatic rings. The molecule has 1 aromatic carbocycles. The quantitative estimate of drug-likeness (QED) is 0.708. The summed E-state index contributed by atoms with van der Waals surface area (Å²) in [5.41, 5.74) is 0.537. The van der Waals surface area contributed by atoms with Crippen LogP contribution in [0, 0.1) is 0 Å². The number of halogens is 1. The van der Waals surface area contributed by atoms with E-state index in [0.29, 0.717) is 23.9 Å². The number of nitrogens with one attached hydrogen (secondary N) is 2. The Balaban J connectivity index is 1.63. The van der Waals surface area contributed by atoms with Crippen molar-refractivity contribution in [1.29, 1.82) is 0 Å². The van der Waals surface area contributed by atoms with Crippen LogP contribution in [0.15, 0.2) is 40.6 Å². The molecule has 11 heteroatoms. The van der Waals surface area contributed by atoms with Crippen molar-refractivity contribution < 1.29 is 22.7 Å². The van der Waals surface area contributed by atoms with Crippen molar-refractivity contribution in [1.82, 2.24) is 9.62 Å². The van der Waals surface area contributed by atoms with Crippen molar-refractivity contribution >= 4 is 50.5 Å². The molecule has 2 heterocycles. The minimum atomic E-state index is -3.80. The van der Waals surface area contributed by atoms with E-state index in [1.54, 1.807) is 24.3 Å². The van der Waals surface area contributed by atoms with Gasteiger partial charge in [0.05, 0.1) is 19.8 Å². The number of thiophene rings is 1. The van der Waals surface area contributed by atoms with Crippen LogP contribution in [0.3, 0.4) is 0 Å². The van der Waals surface area contributed by atoms with Crippen LogP contribution in [0.2, 0.25) is 5.02 Å². The van der Waals surface area contributed by atoms with Crippen LogP contribution < -0.4 is 10.6 Å². The number of anilines is 1. The lowest BCUT2D eigenvalue weighted by atomic mass is 10.3. The van der Waals surface area contributed by atoms with Crippen LogP contribution in [-0.4, -0.2) is 57.4 Å². The van der Waals surface area contributed by atoms with Gasteiger partial charge in [0.15, 0.2) is 0 Å². The second-order valence-corrected chi connectivity index (χ2v) is 9.13. The number of carbonyl (C=O) groups excluding carboxylic acids is 2. The number of amides is 2. The number of ether oxygens (including phenoxy) is 1. The molecule has 1 saturated heterocycles. The molecule has 8 nitrogen and oxygen atoms in total. The molecule has 3 rings (SSSR count). The molecule has 2 N–H and O–H groups in total. The third-order valence-corrected chi connectivity index (χ3v) is 7.20. The van der Waals surface area contributed by atoms with Crippen molar-refractivity contribution in [3.05, 3.63) is 45.6 Å². The van der Waals surface area contributed by atoms with E-state index >= 15 is 0 Å². The van der Waals surface area contributed by atoms with Crippen molar-refractivity contribution in [2.45, 2.75) is 4.90 Å². The predicted octanol–water partition coefficient (Wildman–Crippen LogP) is 1.79. The lowest BCUT2D eigenvalue weighted by Crippen LogP contribution is -2.41. The monoisotopic (exact) mass is 443 g/mol. The van der Waals surface area contributed by atoms with Gasteiger partial charge in [-0.3, -0.25) is 9.59 Å². The van der Waals surface area contributed by atoms with E-state index in [2.05, 4.69) is 10.6 Å². The highest BCUT2D eigenvalue weighted by molar-refractivity contribution is 7.89. The van der Waals surface area contributed by atoms with Crippen LogP contribution in [0.4, 0.5) is 5.69 Å². The van der Waals surface area contributed by atoms with Gasteiger partial charge in [0.2, 0.25) is 15.9 Å². The number of rotatable bonds is 6. The fourth-order valence-electron chi connectivity index (χ4n) is 2.57. The zero-order valence-corrected chi connectivity index (χ0v) is 17.1. The minimum absolute atomic E-state index is 0.0470. The average molecular weight is 444 g/mol. The highest BCUT2D eigenvalue weighted by atomic mass is 35.5. The molecule has 2 amide bonds. The number of benzene rings is 1. The predicted molar refractivity (Wildman–Crippen MR) is 106 cm³/mol. The summed E-state index contributed by atoms with van der Waals surface area (Å²) in [6.07, 6.45) is 0. The summed E-state index contributed by atoms with van der Waals surface area (Å²) in [5, 5.41) is 7.15. The van der Waals surface area contributed by atoms with E-state index in [1.165, 1.54) is 15.8 Å². The molecule has 28 heavy (non-hydrogen) atoms. The summed E-state index contributed by atoms with van der Waals surface area (Å²) in [5.74, 6) is -1.06. The maximum atomic E-state index is 12.8. The first-order valence-electron chi connectivity index (χ1n) is 8.37. The summed E-state index contributed by atoms with van der Waals surface area (Å²) in [6.45, 7) is 0.813. The number of nitrogens with zero attached hydrogens (tertiary/aromatic N) is 1. The van der Waals surface area contributed by atoms with Gasteiger partial charge >= 0.3 is 0 Å². The Morgan fingerprint density at radius 2 is 1.82 bits per heavy atom. The van der Waals surface area contributed by atoms with Crippen molar-refractivity contribution in [3.63, 3.8) is 0 Å². The van der Waals surface area contributed by atoms with Crippen LogP contribution in [0.1, 0.15) is 9.67 Å². The zero-order chi connectivity index (χ0) is 20.1. The highest BCUT2D eigenvalue weighted by Crippen LogP contribution is 2.25. The number of morpholine rings is 1. The van der Waals surface area contributed by atoms with E-state index in [4.69, 9.17) is 16.3 Å². The smallest absolute Gasteiger partial charge is 0.263 e. The first-order valence-corrected chi connectivity index (χ1v) is 11.1. The molecular formula is C17H18ClN3O5S2. The molecule has 0 spiro atoms. The van der Waals surface area contributed by atoms with E-state index in [-0.39, 0.29) is 29.4 Å². The Morgan fingerprint density at radius 3 is 2.50 bits per heavy atom. The molecule has 1 aromatic heterocycles. The van der Waals surface area contributed by atoms with Gasteiger partial charge < -0.3 is 15.4 Å². The zero-order valence-electron chi connectivity index (χ0n) is 14.7. The fourth-order valence-corrected chi connectivity index (χ4v) is 5.42. The summed E-state index contributed by atoms with van der Waals surface area (Å²) >= 11 is 6.80. The van der Waals surface area contributed by atoms with Gasteiger partial charge in [0, 0.05) is 23.8 Å². The van der Waals surface area contributed by atoms with Crippen LogP contribution in [0.25, 0.3) is 0 Å². The molecule has 0 aliphatic carbocycles. The molecule has 0 bridgehead atoms. The largest absolute Gasteiger partial charge is 0.379 e. The number of carbonyl (C=O) groups is 2. The van der Waals surface area contributed by atoms with E-state index in [0.717, 1.165) is 11.3 Å². The summed E-state index contributed by atoms with van der Waals surface area (Å²) in [6, 6.07) is 7.93. The third kappa shape index (κ3) is 4.89. The van der Waals surface area contributed by atoms with Gasteiger partial charge in [-0.15, -0.1) is 11.3 Å². The summed E-state index contributed by atoms with van der Waals surface area (Å²) < 4.78 is 32.0. The van der Waals surface area contributed by atoms with Crippen LogP contribution in [-0.2, 0) is 19.6 Å². The van der Waals surface area contributed by atoms with E-state index in [9.17, 15) is 18.0 Å². The molecule has 150 valence electrons. The summed E-state index contributed by atoms with van der Waals surface area (Å²) in [4.78, 5) is 24.4. The van der Waals surface area contributed by atoms with Crippen LogP contribution >= 0.6 is 22.9 Å². The van der Waals surface area contributed by atoms with Crippen molar-refractivity contribution in [3.8, 4) is 0 Å². The normalized spacial score (nSPS) is 15.2. The second kappa shape index (κ2) is 9.01. The maximum absolute atomic E-state index is 12.8. The molecule has 2 aromatic rings. The Labute approximate surface area is 171 Å². The van der Waals surface area contributed by atoms with Crippen molar-refractivity contribution in [2.24, 2.45) is 0 Å². The second-order valence-electron chi connectivity index (χ2n) is 5.87. The van der Waals surface area contributed by atoms with Gasteiger partial charge in [-0.05, 0) is 35.7 Å². The molecule has 0 radical (unpaired) electrons. The molecule has 0 saturated carbocycles. The number of hydrogen-bond acceptors (Lipinski definition) is 6. The van der Waals surface area contributed by atoms with Gasteiger partial charge in [0.1, 0.15) is 9.77 Å². The molecule has 0 unspecified atom stereocenters. The Kier molecular flexibility index (Phi) is 6.68. The Bertz CT molecular complexity index is 953. The first kappa shape index (κ1) is 20.7. The lowest BCUT2D eigenvalue weighted by molar-refractivity contribution is -0.115. The standard InChI is InChI=1S/C17H18ClN3O5S2/c18-12-1-3-13(4-2-12)20-15(22)11-19-17(23)16-14(5-10-27-16)28(24,25)21-6-8-26-9-7-21/h1-5,10H,6-9,11H2,(H,19,23)(H,20,22). The first-order chi connectivity index (χ1) is 13.4. The Morgan fingerprint density at radius 1 is 1.14 bits per heavy atom. The van der Waals surface area contributed by atoms with Crippen molar-refractivity contribution in [2.75, 3.05) is 38.2 Å². The molecule has 0 atom stereocenters. The van der Waals surface area contributed by atoms with E-state index in [1.807, 2.05) is 0 Å². The highest BCUT2D eigenvalue weighted by Gasteiger charge is 2.31. The van der Waals surface area contributed by atoms with Gasteiger partial charge in [-0.2, -0.15) is 4.31 Å². The van der Waals surface area contributed by atoms with E-state index < -0.39 is 21.8 Å². The number of sulfonamides is 1. The Hall–Kier alpha value is -1.98. The lowest BCUT2D eigenvalue weighted by Gasteiger charge is -2.26. The SMILES string of the molecule is O=C(CNC(=O)c1sccc1S(=O)(=O)N1CCOCC1)Nc1ccc(Cl)cc1. The number of hydrogen-bond donors (Lipinski definition) is 2. The topological polar surface area (TPSA) is 105 Å². The third-order valence-electron chi connectivity index (χ3n) is 3.96. The van der Waals surface area contributed by atoms with Gasteiger partial charge in [-0.1, -0.05) is 11.6 Å². The van der Waals surface area contributed by atoms with Crippen LogP contribution in [0.5, 0.6) is 0 Å². The minimum Gasteiger partial charge on any atom is -0.379 e. The van der Waals surface area contributed by atoms with Gasteiger partial charge in [-0.25, -0.2) is 8.42 Å². The fraction of sp³-hybridized carbons (Fsp3) is 0.294. The molecular weight excluding hydrogens is 426 g/mol.